The first-order chi connectivity index (χ1) is 12.3. The van der Waals surface area contributed by atoms with Gasteiger partial charge in [-0.05, 0) is 56.7 Å². The second kappa shape index (κ2) is 7.12. The van der Waals surface area contributed by atoms with Crippen LogP contribution in [0.25, 0.3) is 5.57 Å². The molecule has 0 atom stereocenters. The summed E-state index contributed by atoms with van der Waals surface area (Å²) >= 11 is 0. The zero-order valence-electron chi connectivity index (χ0n) is 17.9. The Bertz CT molecular complexity index is 789. The number of benzene rings is 1. The van der Waals surface area contributed by atoms with Crippen LogP contribution >= 0.6 is 0 Å². The molecule has 0 spiro atoms. The zero-order valence-corrected chi connectivity index (χ0v) is 17.9. The number of nitrogens with zero attached hydrogens (tertiary/aromatic N) is 1. The number of aryl methyl sites for hydroxylation is 3. The van der Waals surface area contributed by atoms with E-state index in [2.05, 4.69) is 0 Å². The van der Waals surface area contributed by atoms with E-state index in [-0.39, 0.29) is 23.7 Å². The van der Waals surface area contributed by atoms with Crippen molar-refractivity contribution in [2.75, 3.05) is 7.11 Å². The number of rotatable bonds is 4. The molecule has 0 bridgehead atoms. The van der Waals surface area contributed by atoms with E-state index in [0.29, 0.717) is 11.3 Å². The van der Waals surface area contributed by atoms with Gasteiger partial charge in [0.2, 0.25) is 0 Å². The standard InChI is InChI=1S/C22H31NO4/c1-13-10-14(2)17(15(3)11-13)18-19(27-16(24)12-21(4,5)6)22(7,8)23(26-9)20(18)25/h10-11H,12H2,1-9H3. The first kappa shape index (κ1) is 21.2. The monoisotopic (exact) mass is 373 g/mol. The van der Waals surface area contributed by atoms with Crippen molar-refractivity contribution < 1.29 is 19.2 Å². The maximum atomic E-state index is 13.2. The molecule has 0 fully saturated rings. The Hall–Kier alpha value is -2.14. The average Bonchev–Trinajstić information content (AvgIpc) is 2.63. The van der Waals surface area contributed by atoms with Crippen molar-refractivity contribution in [2.45, 2.75) is 67.3 Å². The summed E-state index contributed by atoms with van der Waals surface area (Å²) in [5.41, 5.74) is 3.16. The Labute approximate surface area is 162 Å². The molecular weight excluding hydrogens is 342 g/mol. The van der Waals surface area contributed by atoms with Crippen molar-refractivity contribution in [1.29, 1.82) is 0 Å². The van der Waals surface area contributed by atoms with E-state index in [4.69, 9.17) is 9.57 Å². The van der Waals surface area contributed by atoms with E-state index < -0.39 is 5.54 Å². The fourth-order valence-electron chi connectivity index (χ4n) is 3.72. The SMILES string of the molecule is CON1C(=O)C(c2c(C)cc(C)cc2C)=C(OC(=O)CC(C)(C)C)C1(C)C. The van der Waals surface area contributed by atoms with Gasteiger partial charge in [-0.3, -0.25) is 14.4 Å². The van der Waals surface area contributed by atoms with Crippen molar-refractivity contribution in [3.63, 3.8) is 0 Å². The van der Waals surface area contributed by atoms with Gasteiger partial charge in [-0.2, -0.15) is 0 Å². The minimum Gasteiger partial charge on any atom is -0.428 e. The first-order valence-corrected chi connectivity index (χ1v) is 9.22. The molecule has 1 heterocycles. The van der Waals surface area contributed by atoms with Crippen LogP contribution in [0.2, 0.25) is 0 Å². The quantitative estimate of drug-likeness (QED) is 0.730. The molecule has 148 valence electrons. The lowest BCUT2D eigenvalue weighted by atomic mass is 9.91. The van der Waals surface area contributed by atoms with Gasteiger partial charge in [-0.1, -0.05) is 38.5 Å². The molecule has 1 aromatic carbocycles. The van der Waals surface area contributed by atoms with Crippen LogP contribution in [0.4, 0.5) is 0 Å². The maximum absolute atomic E-state index is 13.2. The lowest BCUT2D eigenvalue weighted by Gasteiger charge is -2.31. The van der Waals surface area contributed by atoms with Gasteiger partial charge in [-0.25, -0.2) is 5.06 Å². The first-order valence-electron chi connectivity index (χ1n) is 9.22. The average molecular weight is 373 g/mol. The second-order valence-electron chi connectivity index (χ2n) is 9.03. The number of esters is 1. The van der Waals surface area contributed by atoms with Crippen LogP contribution in [0, 0.1) is 26.2 Å². The molecule has 0 radical (unpaired) electrons. The van der Waals surface area contributed by atoms with Crippen molar-refractivity contribution in [3.8, 4) is 0 Å². The Morgan fingerprint density at radius 1 is 1.11 bits per heavy atom. The van der Waals surface area contributed by atoms with E-state index in [0.717, 1.165) is 22.3 Å². The van der Waals surface area contributed by atoms with E-state index in [1.807, 2.05) is 67.5 Å². The van der Waals surface area contributed by atoms with Crippen molar-refractivity contribution in [3.05, 3.63) is 40.1 Å². The molecule has 0 unspecified atom stereocenters. The predicted molar refractivity (Wildman–Crippen MR) is 106 cm³/mol. The van der Waals surface area contributed by atoms with Crippen LogP contribution in [-0.4, -0.2) is 29.6 Å². The van der Waals surface area contributed by atoms with Gasteiger partial charge in [0, 0.05) is 0 Å². The molecule has 0 N–H and O–H groups in total. The minimum atomic E-state index is -0.890. The minimum absolute atomic E-state index is 0.207. The van der Waals surface area contributed by atoms with Crippen LogP contribution in [0.15, 0.2) is 17.9 Å². The van der Waals surface area contributed by atoms with E-state index in [1.165, 1.54) is 12.2 Å². The lowest BCUT2D eigenvalue weighted by molar-refractivity contribution is -0.191. The third kappa shape index (κ3) is 4.08. The predicted octanol–water partition coefficient (Wildman–Crippen LogP) is 4.48. The number of hydrogen-bond acceptors (Lipinski definition) is 4. The van der Waals surface area contributed by atoms with E-state index in [9.17, 15) is 9.59 Å². The zero-order chi connectivity index (χ0) is 20.7. The molecule has 1 aromatic rings. The van der Waals surface area contributed by atoms with Crippen molar-refractivity contribution in [1.82, 2.24) is 5.06 Å². The molecule has 1 amide bonds. The fourth-order valence-corrected chi connectivity index (χ4v) is 3.72. The van der Waals surface area contributed by atoms with E-state index in [1.54, 1.807) is 0 Å². The highest BCUT2D eigenvalue weighted by molar-refractivity contribution is 6.23. The van der Waals surface area contributed by atoms with Gasteiger partial charge >= 0.3 is 5.97 Å². The summed E-state index contributed by atoms with van der Waals surface area (Å²) in [6.45, 7) is 15.5. The lowest BCUT2D eigenvalue weighted by Crippen LogP contribution is -2.43. The summed E-state index contributed by atoms with van der Waals surface area (Å²) in [7, 11) is 1.45. The number of hydrogen-bond donors (Lipinski definition) is 0. The van der Waals surface area contributed by atoms with Crippen molar-refractivity contribution in [2.24, 2.45) is 5.41 Å². The molecule has 1 aliphatic rings. The third-order valence-electron chi connectivity index (χ3n) is 4.69. The molecular formula is C22H31NO4. The highest BCUT2D eigenvalue weighted by Crippen LogP contribution is 2.43. The molecule has 5 nitrogen and oxygen atoms in total. The third-order valence-corrected chi connectivity index (χ3v) is 4.69. The Kier molecular flexibility index (Phi) is 5.58. The number of carbonyl (C=O) groups excluding carboxylic acids is 2. The summed E-state index contributed by atoms with van der Waals surface area (Å²) < 4.78 is 5.81. The molecule has 0 aliphatic carbocycles. The van der Waals surface area contributed by atoms with Gasteiger partial charge in [0.25, 0.3) is 5.91 Å². The Balaban J connectivity index is 2.66. The molecule has 0 aromatic heterocycles. The van der Waals surface area contributed by atoms with Crippen LogP contribution in [0.5, 0.6) is 0 Å². The van der Waals surface area contributed by atoms with E-state index >= 15 is 0 Å². The largest absolute Gasteiger partial charge is 0.428 e. The summed E-state index contributed by atoms with van der Waals surface area (Å²) in [5, 5.41) is 1.28. The number of hydroxylamine groups is 2. The molecule has 27 heavy (non-hydrogen) atoms. The Morgan fingerprint density at radius 2 is 1.63 bits per heavy atom. The van der Waals surface area contributed by atoms with Crippen LogP contribution in [0.1, 0.15) is 63.3 Å². The molecule has 0 saturated carbocycles. The number of ether oxygens (including phenoxy) is 1. The summed E-state index contributed by atoms with van der Waals surface area (Å²) in [6.07, 6.45) is 0.257. The summed E-state index contributed by atoms with van der Waals surface area (Å²) in [4.78, 5) is 31.1. The summed E-state index contributed by atoms with van der Waals surface area (Å²) in [5.74, 6) is -0.300. The van der Waals surface area contributed by atoms with Gasteiger partial charge in [-0.15, -0.1) is 0 Å². The fraction of sp³-hybridized carbons (Fsp3) is 0.545. The smallest absolute Gasteiger partial charge is 0.311 e. The second-order valence-corrected chi connectivity index (χ2v) is 9.03. The highest BCUT2D eigenvalue weighted by Gasteiger charge is 2.50. The molecule has 0 saturated heterocycles. The van der Waals surface area contributed by atoms with Crippen LogP contribution < -0.4 is 0 Å². The highest BCUT2D eigenvalue weighted by atomic mass is 16.7. The maximum Gasteiger partial charge on any atom is 0.311 e. The Morgan fingerprint density at radius 3 is 2.07 bits per heavy atom. The number of amides is 1. The van der Waals surface area contributed by atoms with Crippen molar-refractivity contribution >= 4 is 17.4 Å². The summed E-state index contributed by atoms with van der Waals surface area (Å²) in [6, 6.07) is 4.05. The number of carbonyl (C=O) groups is 2. The topological polar surface area (TPSA) is 55.8 Å². The van der Waals surface area contributed by atoms with Crippen LogP contribution in [0.3, 0.4) is 0 Å². The molecule has 1 aliphatic heterocycles. The normalized spacial score (nSPS) is 16.9. The molecule has 5 heteroatoms. The molecule has 2 rings (SSSR count). The van der Waals surface area contributed by atoms with Gasteiger partial charge in [0.1, 0.15) is 11.3 Å². The van der Waals surface area contributed by atoms with Gasteiger partial charge in [0.15, 0.2) is 0 Å². The van der Waals surface area contributed by atoms with Gasteiger partial charge < -0.3 is 4.74 Å². The van der Waals surface area contributed by atoms with Gasteiger partial charge in [0.05, 0.1) is 19.1 Å². The van der Waals surface area contributed by atoms with Crippen LogP contribution in [-0.2, 0) is 19.2 Å².